The van der Waals surface area contributed by atoms with Crippen LogP contribution < -0.4 is 4.74 Å². The highest BCUT2D eigenvalue weighted by Crippen LogP contribution is 2.19. The van der Waals surface area contributed by atoms with Crippen LogP contribution in [0.2, 0.25) is 0 Å². The summed E-state index contributed by atoms with van der Waals surface area (Å²) in [5, 5.41) is 0. The number of rotatable bonds is 7. The number of benzene rings is 1. The summed E-state index contributed by atoms with van der Waals surface area (Å²) in [5.74, 6) is 1.17. The molecule has 2 rings (SSSR count). The topological polar surface area (TPSA) is 12.5 Å². The fourth-order valence-electron chi connectivity index (χ4n) is 2.58. The molecule has 0 bridgehead atoms. The van der Waals surface area contributed by atoms with E-state index in [2.05, 4.69) is 11.8 Å². The third kappa shape index (κ3) is 5.68. The minimum absolute atomic E-state index is 0. The molecule has 1 aromatic carbocycles. The quantitative estimate of drug-likeness (QED) is 0.702. The lowest BCUT2D eigenvalue weighted by Gasteiger charge is -2.16. The van der Waals surface area contributed by atoms with Crippen LogP contribution in [-0.4, -0.2) is 31.1 Å². The predicted molar refractivity (Wildman–Crippen MR) is 83.2 cm³/mol. The number of hydrogen-bond acceptors (Lipinski definition) is 2. The van der Waals surface area contributed by atoms with E-state index in [1.165, 1.54) is 50.9 Å². The molecular formula is C16H25ClFNO. The van der Waals surface area contributed by atoms with Crippen LogP contribution in [0.1, 0.15) is 32.6 Å². The van der Waals surface area contributed by atoms with Crippen LogP contribution in [0.15, 0.2) is 24.3 Å². The molecule has 0 amide bonds. The van der Waals surface area contributed by atoms with Crippen molar-refractivity contribution < 1.29 is 9.13 Å². The van der Waals surface area contributed by atoms with Gasteiger partial charge in [-0.05, 0) is 50.2 Å². The van der Waals surface area contributed by atoms with Gasteiger partial charge in [-0.15, -0.1) is 12.4 Å². The molecule has 2 nitrogen and oxygen atoms in total. The number of unbranched alkanes of at least 4 members (excludes halogenated alkanes) is 2. The van der Waals surface area contributed by atoms with Gasteiger partial charge in [0.2, 0.25) is 0 Å². The molecule has 0 aromatic heterocycles. The van der Waals surface area contributed by atoms with E-state index in [4.69, 9.17) is 4.74 Å². The SMILES string of the molecule is CCCCCN1CCC(COc2ccc(F)cc2)C1.Cl. The molecule has 1 saturated heterocycles. The van der Waals surface area contributed by atoms with E-state index in [1.807, 2.05) is 0 Å². The van der Waals surface area contributed by atoms with Crippen molar-refractivity contribution in [1.82, 2.24) is 4.90 Å². The molecule has 1 atom stereocenters. The van der Waals surface area contributed by atoms with Crippen molar-refractivity contribution in [3.05, 3.63) is 30.1 Å². The standard InChI is InChI=1S/C16H24FNO.ClH/c1-2-3-4-10-18-11-9-14(12-18)13-19-16-7-5-15(17)6-8-16;/h5-8,14H,2-4,9-13H2,1H3;1H. The van der Waals surface area contributed by atoms with E-state index >= 15 is 0 Å². The Balaban J connectivity index is 0.00000200. The van der Waals surface area contributed by atoms with Crippen molar-refractivity contribution in [3.8, 4) is 5.75 Å². The van der Waals surface area contributed by atoms with Gasteiger partial charge in [0.1, 0.15) is 11.6 Å². The second-order valence-corrected chi connectivity index (χ2v) is 5.43. The van der Waals surface area contributed by atoms with Crippen molar-refractivity contribution in [2.45, 2.75) is 32.6 Å². The summed E-state index contributed by atoms with van der Waals surface area (Å²) in [6.45, 7) is 6.55. The van der Waals surface area contributed by atoms with Gasteiger partial charge in [0.05, 0.1) is 6.61 Å². The molecule has 1 aromatic rings. The maximum atomic E-state index is 12.8. The van der Waals surface area contributed by atoms with Gasteiger partial charge in [-0.3, -0.25) is 0 Å². The monoisotopic (exact) mass is 301 g/mol. The van der Waals surface area contributed by atoms with Gasteiger partial charge < -0.3 is 9.64 Å². The van der Waals surface area contributed by atoms with Crippen molar-refractivity contribution in [2.75, 3.05) is 26.2 Å². The van der Waals surface area contributed by atoms with Gasteiger partial charge in [-0.25, -0.2) is 4.39 Å². The Hall–Kier alpha value is -0.800. The van der Waals surface area contributed by atoms with Crippen LogP contribution in [0.3, 0.4) is 0 Å². The molecule has 0 spiro atoms. The fourth-order valence-corrected chi connectivity index (χ4v) is 2.58. The molecule has 4 heteroatoms. The van der Waals surface area contributed by atoms with Crippen LogP contribution in [0.5, 0.6) is 5.75 Å². The van der Waals surface area contributed by atoms with Crippen LogP contribution in [0.25, 0.3) is 0 Å². The molecule has 0 radical (unpaired) electrons. The Bertz CT molecular complexity index is 371. The minimum atomic E-state index is -0.213. The van der Waals surface area contributed by atoms with Crippen LogP contribution in [0.4, 0.5) is 4.39 Å². The highest BCUT2D eigenvalue weighted by Gasteiger charge is 2.22. The van der Waals surface area contributed by atoms with Gasteiger partial charge in [0.15, 0.2) is 0 Å². The predicted octanol–water partition coefficient (Wildman–Crippen LogP) is 4.14. The van der Waals surface area contributed by atoms with E-state index in [0.29, 0.717) is 5.92 Å². The molecule has 1 fully saturated rings. The van der Waals surface area contributed by atoms with E-state index in [0.717, 1.165) is 18.9 Å². The Morgan fingerprint density at radius 3 is 2.70 bits per heavy atom. The van der Waals surface area contributed by atoms with Crippen molar-refractivity contribution in [1.29, 1.82) is 0 Å². The maximum Gasteiger partial charge on any atom is 0.123 e. The van der Waals surface area contributed by atoms with E-state index in [9.17, 15) is 4.39 Å². The molecule has 0 N–H and O–H groups in total. The number of hydrogen-bond donors (Lipinski definition) is 0. The van der Waals surface area contributed by atoms with E-state index < -0.39 is 0 Å². The van der Waals surface area contributed by atoms with Gasteiger partial charge in [-0.2, -0.15) is 0 Å². The zero-order valence-corrected chi connectivity index (χ0v) is 13.0. The Morgan fingerprint density at radius 1 is 1.25 bits per heavy atom. The number of ether oxygens (including phenoxy) is 1. The third-order valence-corrected chi connectivity index (χ3v) is 3.75. The largest absolute Gasteiger partial charge is 0.493 e. The molecule has 1 heterocycles. The van der Waals surface area contributed by atoms with E-state index in [1.54, 1.807) is 12.1 Å². The highest BCUT2D eigenvalue weighted by molar-refractivity contribution is 5.85. The second kappa shape index (κ2) is 9.19. The maximum absolute atomic E-state index is 12.8. The second-order valence-electron chi connectivity index (χ2n) is 5.43. The first-order valence-corrected chi connectivity index (χ1v) is 7.38. The third-order valence-electron chi connectivity index (χ3n) is 3.75. The molecule has 1 unspecified atom stereocenters. The van der Waals surface area contributed by atoms with Crippen LogP contribution in [0, 0.1) is 11.7 Å². The summed E-state index contributed by atoms with van der Waals surface area (Å²) in [5.41, 5.74) is 0. The molecule has 1 aliphatic rings. The zero-order valence-electron chi connectivity index (χ0n) is 12.2. The summed E-state index contributed by atoms with van der Waals surface area (Å²) in [7, 11) is 0. The van der Waals surface area contributed by atoms with Crippen molar-refractivity contribution in [3.63, 3.8) is 0 Å². The number of halogens is 2. The van der Waals surface area contributed by atoms with Gasteiger partial charge in [0.25, 0.3) is 0 Å². The van der Waals surface area contributed by atoms with Gasteiger partial charge in [0, 0.05) is 12.5 Å². The smallest absolute Gasteiger partial charge is 0.123 e. The lowest BCUT2D eigenvalue weighted by molar-refractivity contribution is 0.239. The Morgan fingerprint density at radius 2 is 2.00 bits per heavy atom. The van der Waals surface area contributed by atoms with Crippen LogP contribution in [-0.2, 0) is 0 Å². The molecule has 0 aliphatic carbocycles. The Kier molecular flexibility index (Phi) is 7.93. The first-order valence-electron chi connectivity index (χ1n) is 7.38. The summed E-state index contributed by atoms with van der Waals surface area (Å²) in [6.07, 6.45) is 5.13. The minimum Gasteiger partial charge on any atom is -0.493 e. The summed E-state index contributed by atoms with van der Waals surface area (Å²) < 4.78 is 18.5. The lowest BCUT2D eigenvalue weighted by Crippen LogP contribution is -2.23. The first kappa shape index (κ1) is 17.3. The summed E-state index contributed by atoms with van der Waals surface area (Å²) in [4.78, 5) is 2.54. The average Bonchev–Trinajstić information content (AvgIpc) is 2.86. The molecule has 0 saturated carbocycles. The molecular weight excluding hydrogens is 277 g/mol. The van der Waals surface area contributed by atoms with Gasteiger partial charge in [-0.1, -0.05) is 19.8 Å². The van der Waals surface area contributed by atoms with Crippen molar-refractivity contribution in [2.24, 2.45) is 5.92 Å². The normalized spacial score (nSPS) is 18.8. The first-order chi connectivity index (χ1) is 9.28. The van der Waals surface area contributed by atoms with Gasteiger partial charge >= 0.3 is 0 Å². The average molecular weight is 302 g/mol. The number of likely N-dealkylation sites (tertiary alicyclic amines) is 1. The van der Waals surface area contributed by atoms with Crippen molar-refractivity contribution >= 4 is 12.4 Å². The summed E-state index contributed by atoms with van der Waals surface area (Å²) in [6, 6.07) is 6.29. The van der Waals surface area contributed by atoms with E-state index in [-0.39, 0.29) is 18.2 Å². The zero-order chi connectivity index (χ0) is 13.5. The highest BCUT2D eigenvalue weighted by atomic mass is 35.5. The molecule has 20 heavy (non-hydrogen) atoms. The molecule has 1 aliphatic heterocycles. The van der Waals surface area contributed by atoms with Crippen LogP contribution >= 0.6 is 12.4 Å². The fraction of sp³-hybridized carbons (Fsp3) is 0.625. The lowest BCUT2D eigenvalue weighted by atomic mass is 10.1. The Labute approximate surface area is 127 Å². The summed E-state index contributed by atoms with van der Waals surface area (Å²) >= 11 is 0. The number of nitrogens with zero attached hydrogens (tertiary/aromatic N) is 1. The molecule has 114 valence electrons.